The summed E-state index contributed by atoms with van der Waals surface area (Å²) in [5.41, 5.74) is 7.12. The van der Waals surface area contributed by atoms with Crippen molar-refractivity contribution < 1.29 is 9.53 Å². The van der Waals surface area contributed by atoms with Crippen LogP contribution in [0.2, 0.25) is 0 Å². The summed E-state index contributed by atoms with van der Waals surface area (Å²) in [7, 11) is 0. The number of esters is 1. The molecule has 0 saturated carbocycles. The van der Waals surface area contributed by atoms with Crippen molar-refractivity contribution in [3.8, 4) is 0 Å². The maximum atomic E-state index is 11.1. The van der Waals surface area contributed by atoms with E-state index in [1.54, 1.807) is 0 Å². The van der Waals surface area contributed by atoms with Crippen molar-refractivity contribution in [2.75, 3.05) is 6.61 Å². The molecule has 1 rings (SSSR count). The number of carbonyl (C=O) groups excluding carboxylic acids is 1. The van der Waals surface area contributed by atoms with Gasteiger partial charge in [-0.2, -0.15) is 0 Å². The molecule has 3 heteroatoms. The van der Waals surface area contributed by atoms with Gasteiger partial charge >= 0.3 is 5.97 Å². The minimum atomic E-state index is -0.136. The minimum Gasteiger partial charge on any atom is -0.466 e. The van der Waals surface area contributed by atoms with E-state index >= 15 is 0 Å². The summed E-state index contributed by atoms with van der Waals surface area (Å²) >= 11 is 0. The fourth-order valence-corrected chi connectivity index (χ4v) is 1.57. The van der Waals surface area contributed by atoms with Crippen LogP contribution in [0.3, 0.4) is 0 Å². The second-order valence-corrected chi connectivity index (χ2v) is 3.71. The van der Waals surface area contributed by atoms with E-state index in [1.807, 2.05) is 37.3 Å². The highest BCUT2D eigenvalue weighted by Crippen LogP contribution is 2.16. The third-order valence-corrected chi connectivity index (χ3v) is 2.43. The van der Waals surface area contributed by atoms with E-state index in [0.29, 0.717) is 13.0 Å². The molecule has 0 heterocycles. The van der Waals surface area contributed by atoms with E-state index in [9.17, 15) is 4.79 Å². The van der Waals surface area contributed by atoms with E-state index in [0.717, 1.165) is 18.4 Å². The van der Waals surface area contributed by atoms with Crippen LogP contribution in [0, 0.1) is 0 Å². The maximum Gasteiger partial charge on any atom is 0.305 e. The molecule has 0 radical (unpaired) electrons. The van der Waals surface area contributed by atoms with Crippen LogP contribution in [-0.2, 0) is 9.53 Å². The zero-order valence-corrected chi connectivity index (χ0v) is 9.69. The molecule has 0 aromatic heterocycles. The number of benzene rings is 1. The van der Waals surface area contributed by atoms with Gasteiger partial charge in [0.2, 0.25) is 0 Å². The molecule has 2 N–H and O–H groups in total. The number of nitrogens with two attached hydrogens (primary N) is 1. The van der Waals surface area contributed by atoms with Crippen LogP contribution in [-0.4, -0.2) is 12.6 Å². The molecule has 3 nitrogen and oxygen atoms in total. The first-order valence-electron chi connectivity index (χ1n) is 5.70. The van der Waals surface area contributed by atoms with Crippen molar-refractivity contribution in [2.24, 2.45) is 5.73 Å². The average Bonchev–Trinajstić information content (AvgIpc) is 2.30. The van der Waals surface area contributed by atoms with Crippen LogP contribution < -0.4 is 5.73 Å². The van der Waals surface area contributed by atoms with E-state index in [2.05, 4.69) is 0 Å². The molecule has 0 bridgehead atoms. The van der Waals surface area contributed by atoms with Crippen molar-refractivity contribution in [2.45, 2.75) is 32.2 Å². The van der Waals surface area contributed by atoms with Gasteiger partial charge in [0.25, 0.3) is 0 Å². The van der Waals surface area contributed by atoms with Crippen molar-refractivity contribution in [3.05, 3.63) is 35.9 Å². The quantitative estimate of drug-likeness (QED) is 0.750. The first kappa shape index (κ1) is 12.7. The normalized spacial score (nSPS) is 12.1. The predicted molar refractivity (Wildman–Crippen MR) is 63.9 cm³/mol. The topological polar surface area (TPSA) is 52.3 Å². The highest BCUT2D eigenvalue weighted by atomic mass is 16.5. The largest absolute Gasteiger partial charge is 0.466 e. The molecule has 1 unspecified atom stereocenters. The molecule has 1 aromatic rings. The number of ether oxygens (including phenoxy) is 1. The van der Waals surface area contributed by atoms with Gasteiger partial charge in [0.1, 0.15) is 0 Å². The Morgan fingerprint density at radius 1 is 1.38 bits per heavy atom. The SMILES string of the molecule is CCOC(=O)CCCC(N)c1ccccc1. The lowest BCUT2D eigenvalue weighted by Crippen LogP contribution is -2.11. The molecule has 1 aromatic carbocycles. The molecule has 0 saturated heterocycles. The third-order valence-electron chi connectivity index (χ3n) is 2.43. The van der Waals surface area contributed by atoms with Crippen LogP contribution in [0.5, 0.6) is 0 Å². The summed E-state index contributed by atoms with van der Waals surface area (Å²) in [4.78, 5) is 11.1. The summed E-state index contributed by atoms with van der Waals surface area (Å²) in [6.07, 6.45) is 2.03. The molecule has 0 amide bonds. The van der Waals surface area contributed by atoms with Gasteiger partial charge in [-0.05, 0) is 25.3 Å². The zero-order valence-electron chi connectivity index (χ0n) is 9.69. The molecule has 0 aliphatic carbocycles. The Morgan fingerprint density at radius 3 is 2.69 bits per heavy atom. The van der Waals surface area contributed by atoms with Crippen LogP contribution in [0.25, 0.3) is 0 Å². The van der Waals surface area contributed by atoms with E-state index < -0.39 is 0 Å². The van der Waals surface area contributed by atoms with Gasteiger partial charge in [-0.15, -0.1) is 0 Å². The Labute approximate surface area is 96.6 Å². The maximum absolute atomic E-state index is 11.1. The van der Waals surface area contributed by atoms with Crippen molar-refractivity contribution in [1.82, 2.24) is 0 Å². The summed E-state index contributed by atoms with van der Waals surface area (Å²) in [5.74, 6) is -0.136. The van der Waals surface area contributed by atoms with Gasteiger partial charge in [-0.3, -0.25) is 4.79 Å². The number of rotatable bonds is 6. The Hall–Kier alpha value is -1.35. The first-order chi connectivity index (χ1) is 7.74. The lowest BCUT2D eigenvalue weighted by Gasteiger charge is -2.11. The van der Waals surface area contributed by atoms with E-state index in [1.165, 1.54) is 0 Å². The lowest BCUT2D eigenvalue weighted by atomic mass is 10.0. The number of hydrogen-bond donors (Lipinski definition) is 1. The highest BCUT2D eigenvalue weighted by Gasteiger charge is 2.07. The summed E-state index contributed by atoms with van der Waals surface area (Å²) in [6.45, 7) is 2.26. The van der Waals surface area contributed by atoms with Crippen LogP contribution in [0.1, 0.15) is 37.8 Å². The van der Waals surface area contributed by atoms with Gasteiger partial charge in [0.15, 0.2) is 0 Å². The fraction of sp³-hybridized carbons (Fsp3) is 0.462. The van der Waals surface area contributed by atoms with Crippen LogP contribution in [0.15, 0.2) is 30.3 Å². The smallest absolute Gasteiger partial charge is 0.305 e. The molecular weight excluding hydrogens is 202 g/mol. The molecule has 1 atom stereocenters. The third kappa shape index (κ3) is 4.45. The summed E-state index contributed by atoms with van der Waals surface area (Å²) in [5, 5.41) is 0. The molecule has 0 aliphatic rings. The average molecular weight is 221 g/mol. The second-order valence-electron chi connectivity index (χ2n) is 3.71. The Balaban J connectivity index is 2.26. The zero-order chi connectivity index (χ0) is 11.8. The minimum absolute atomic E-state index is 0.00984. The fourth-order valence-electron chi connectivity index (χ4n) is 1.57. The number of carbonyl (C=O) groups is 1. The Kier molecular flexibility index (Phi) is 5.57. The standard InChI is InChI=1S/C13H19NO2/c1-2-16-13(15)10-6-9-12(14)11-7-4-3-5-8-11/h3-5,7-8,12H,2,6,9-10,14H2,1H3. The molecule has 88 valence electrons. The van der Waals surface area contributed by atoms with Gasteiger partial charge in [0, 0.05) is 12.5 Å². The molecule has 0 spiro atoms. The van der Waals surface area contributed by atoms with Crippen molar-refractivity contribution in [3.63, 3.8) is 0 Å². The van der Waals surface area contributed by atoms with Crippen LogP contribution >= 0.6 is 0 Å². The number of hydrogen-bond acceptors (Lipinski definition) is 3. The first-order valence-corrected chi connectivity index (χ1v) is 5.70. The van der Waals surface area contributed by atoms with E-state index in [-0.39, 0.29) is 12.0 Å². The molecule has 0 aliphatic heterocycles. The van der Waals surface area contributed by atoms with E-state index in [4.69, 9.17) is 10.5 Å². The van der Waals surface area contributed by atoms with Crippen LogP contribution in [0.4, 0.5) is 0 Å². The van der Waals surface area contributed by atoms with Gasteiger partial charge in [-0.1, -0.05) is 30.3 Å². The second kappa shape index (κ2) is 7.01. The van der Waals surface area contributed by atoms with Gasteiger partial charge in [0.05, 0.1) is 6.61 Å². The molecule has 16 heavy (non-hydrogen) atoms. The predicted octanol–water partition coefficient (Wildman–Crippen LogP) is 2.42. The summed E-state index contributed by atoms with van der Waals surface area (Å²) in [6, 6.07) is 9.94. The van der Waals surface area contributed by atoms with Crippen molar-refractivity contribution in [1.29, 1.82) is 0 Å². The van der Waals surface area contributed by atoms with Gasteiger partial charge < -0.3 is 10.5 Å². The molecular formula is C13H19NO2. The highest BCUT2D eigenvalue weighted by molar-refractivity contribution is 5.69. The Morgan fingerprint density at radius 2 is 2.06 bits per heavy atom. The molecule has 0 fully saturated rings. The monoisotopic (exact) mass is 221 g/mol. The van der Waals surface area contributed by atoms with Crippen molar-refractivity contribution >= 4 is 5.97 Å². The summed E-state index contributed by atoms with van der Waals surface area (Å²) < 4.78 is 4.85. The Bertz CT molecular complexity index is 311. The lowest BCUT2D eigenvalue weighted by molar-refractivity contribution is -0.143. The van der Waals surface area contributed by atoms with Gasteiger partial charge in [-0.25, -0.2) is 0 Å².